The summed E-state index contributed by atoms with van der Waals surface area (Å²) in [5.41, 5.74) is 7.37. The minimum Gasteiger partial charge on any atom is -0.399 e. The summed E-state index contributed by atoms with van der Waals surface area (Å²) in [7, 11) is 0. The summed E-state index contributed by atoms with van der Waals surface area (Å²) in [5.74, 6) is 0.903. The van der Waals surface area contributed by atoms with Crippen LogP contribution in [0.15, 0.2) is 23.1 Å². The van der Waals surface area contributed by atoms with Crippen LogP contribution in [0.4, 0.5) is 11.4 Å². The molecule has 0 aliphatic carbocycles. The Hall–Kier alpha value is -1.20. The van der Waals surface area contributed by atoms with E-state index in [0.717, 1.165) is 16.3 Å². The van der Waals surface area contributed by atoms with Crippen molar-refractivity contribution in [1.82, 2.24) is 0 Å². The molecule has 1 aliphatic heterocycles. The van der Waals surface area contributed by atoms with Crippen LogP contribution < -0.4 is 10.6 Å². The molecule has 2 N–H and O–H groups in total. The number of carbonyl (C=O) groups excluding carboxylic acids is 1. The number of fused-ring (bicyclic) bond motifs is 1. The Morgan fingerprint density at radius 2 is 2.33 bits per heavy atom. The number of nitrogen functional groups attached to an aromatic ring is 1. The minimum atomic E-state index is -0.00384. The van der Waals surface area contributed by atoms with Gasteiger partial charge in [0.1, 0.15) is 6.61 Å². The maximum Gasteiger partial charge on any atom is 0.253 e. The van der Waals surface area contributed by atoms with Gasteiger partial charge in [-0.1, -0.05) is 0 Å². The Labute approximate surface area is 111 Å². The lowest BCUT2D eigenvalue weighted by molar-refractivity contribution is -0.124. The van der Waals surface area contributed by atoms with E-state index in [2.05, 4.69) is 0 Å². The highest BCUT2D eigenvalue weighted by Crippen LogP contribution is 2.36. The first-order valence-electron chi connectivity index (χ1n) is 6.02. The number of benzene rings is 1. The van der Waals surface area contributed by atoms with E-state index in [1.165, 1.54) is 0 Å². The first kappa shape index (κ1) is 13.2. The molecule has 0 atom stereocenters. The number of nitrogens with two attached hydrogens (primary N) is 1. The number of hydrogen-bond donors (Lipinski definition) is 1. The Morgan fingerprint density at radius 1 is 1.56 bits per heavy atom. The summed E-state index contributed by atoms with van der Waals surface area (Å²) in [6, 6.07) is 5.69. The molecule has 1 aromatic carbocycles. The molecule has 0 aromatic heterocycles. The number of nitrogens with zero attached hydrogens (tertiary/aromatic N) is 1. The monoisotopic (exact) mass is 266 g/mol. The molecule has 0 fully saturated rings. The zero-order chi connectivity index (χ0) is 13.1. The number of hydrogen-bond acceptors (Lipinski definition) is 4. The van der Waals surface area contributed by atoms with Gasteiger partial charge >= 0.3 is 0 Å². The van der Waals surface area contributed by atoms with Crippen molar-refractivity contribution in [3.63, 3.8) is 0 Å². The first-order valence-corrected chi connectivity index (χ1v) is 7.01. The number of ether oxygens (including phenoxy) is 1. The van der Waals surface area contributed by atoms with E-state index in [0.29, 0.717) is 12.2 Å². The average molecular weight is 266 g/mol. The second-order valence-corrected chi connectivity index (χ2v) is 5.62. The predicted octanol–water partition coefficient (Wildman–Crippen LogP) is 2.13. The highest BCUT2D eigenvalue weighted by Gasteiger charge is 2.23. The summed E-state index contributed by atoms with van der Waals surface area (Å²) in [6.45, 7) is 4.68. The smallest absolute Gasteiger partial charge is 0.253 e. The van der Waals surface area contributed by atoms with Crippen LogP contribution >= 0.6 is 11.8 Å². The third kappa shape index (κ3) is 2.97. The molecule has 1 amide bonds. The van der Waals surface area contributed by atoms with Crippen molar-refractivity contribution in [3.05, 3.63) is 18.2 Å². The van der Waals surface area contributed by atoms with Gasteiger partial charge in [0.15, 0.2) is 0 Å². The molecule has 5 heteroatoms. The van der Waals surface area contributed by atoms with Crippen molar-refractivity contribution in [3.8, 4) is 0 Å². The summed E-state index contributed by atoms with van der Waals surface area (Å²) in [6.07, 6.45) is 0.0634. The molecule has 0 spiro atoms. The second-order valence-electron chi connectivity index (χ2n) is 4.48. The van der Waals surface area contributed by atoms with Gasteiger partial charge in [0.25, 0.3) is 5.91 Å². The largest absolute Gasteiger partial charge is 0.399 e. The molecule has 4 nitrogen and oxygen atoms in total. The Bertz CT molecular complexity index is 449. The van der Waals surface area contributed by atoms with E-state index in [-0.39, 0.29) is 18.6 Å². The molecule has 1 aromatic rings. The fourth-order valence-corrected chi connectivity index (χ4v) is 2.78. The average Bonchev–Trinajstić information content (AvgIpc) is 2.35. The maximum absolute atomic E-state index is 12.1. The van der Waals surface area contributed by atoms with E-state index >= 15 is 0 Å². The SMILES string of the molecule is CC(C)OCC(=O)N1CCSc2ccc(N)cc21. The quantitative estimate of drug-likeness (QED) is 0.852. The van der Waals surface area contributed by atoms with Gasteiger partial charge in [-0.15, -0.1) is 11.8 Å². The van der Waals surface area contributed by atoms with Gasteiger partial charge in [-0.25, -0.2) is 0 Å². The van der Waals surface area contributed by atoms with Crippen molar-refractivity contribution in [2.24, 2.45) is 0 Å². The minimum absolute atomic E-state index is 0.00384. The second kappa shape index (κ2) is 5.63. The molecule has 18 heavy (non-hydrogen) atoms. The van der Waals surface area contributed by atoms with Crippen LogP contribution in [0.25, 0.3) is 0 Å². The van der Waals surface area contributed by atoms with Crippen LogP contribution in [0, 0.1) is 0 Å². The molecule has 0 bridgehead atoms. The molecule has 98 valence electrons. The highest BCUT2D eigenvalue weighted by molar-refractivity contribution is 7.99. The molecular formula is C13H18N2O2S. The van der Waals surface area contributed by atoms with Crippen LogP contribution in [0.2, 0.25) is 0 Å². The van der Waals surface area contributed by atoms with Crippen LogP contribution in [-0.4, -0.2) is 30.9 Å². The number of carbonyl (C=O) groups is 1. The zero-order valence-electron chi connectivity index (χ0n) is 10.7. The van der Waals surface area contributed by atoms with Crippen molar-refractivity contribution in [2.45, 2.75) is 24.8 Å². The molecular weight excluding hydrogens is 248 g/mol. The Balaban J connectivity index is 2.16. The van der Waals surface area contributed by atoms with E-state index in [1.807, 2.05) is 32.0 Å². The third-order valence-electron chi connectivity index (χ3n) is 2.69. The number of amides is 1. The Morgan fingerprint density at radius 3 is 3.06 bits per heavy atom. The molecule has 0 unspecified atom stereocenters. The Kier molecular flexibility index (Phi) is 4.14. The van der Waals surface area contributed by atoms with Crippen LogP contribution in [0.3, 0.4) is 0 Å². The van der Waals surface area contributed by atoms with Crippen molar-refractivity contribution in [2.75, 3.05) is 29.5 Å². The van der Waals surface area contributed by atoms with E-state index in [1.54, 1.807) is 16.7 Å². The van der Waals surface area contributed by atoms with Crippen molar-refractivity contribution in [1.29, 1.82) is 0 Å². The van der Waals surface area contributed by atoms with Gasteiger partial charge in [0.05, 0.1) is 11.8 Å². The molecule has 0 radical (unpaired) electrons. The summed E-state index contributed by atoms with van der Waals surface area (Å²) in [5, 5.41) is 0. The lowest BCUT2D eigenvalue weighted by Gasteiger charge is -2.29. The first-order chi connectivity index (χ1) is 8.58. The molecule has 2 rings (SSSR count). The summed E-state index contributed by atoms with van der Waals surface area (Å²) in [4.78, 5) is 15.0. The standard InChI is InChI=1S/C13H18N2O2S/c1-9(2)17-8-13(16)15-5-6-18-12-4-3-10(14)7-11(12)15/h3-4,7,9H,5-6,8,14H2,1-2H3. The molecule has 0 saturated heterocycles. The van der Waals surface area contributed by atoms with E-state index in [4.69, 9.17) is 10.5 Å². The van der Waals surface area contributed by atoms with E-state index < -0.39 is 0 Å². The van der Waals surface area contributed by atoms with Gasteiger partial charge in [0, 0.05) is 22.9 Å². The number of rotatable bonds is 3. The zero-order valence-corrected chi connectivity index (χ0v) is 11.5. The highest BCUT2D eigenvalue weighted by atomic mass is 32.2. The maximum atomic E-state index is 12.1. The van der Waals surface area contributed by atoms with Gasteiger partial charge in [0.2, 0.25) is 0 Å². The summed E-state index contributed by atoms with van der Waals surface area (Å²) >= 11 is 1.75. The van der Waals surface area contributed by atoms with Crippen molar-refractivity contribution < 1.29 is 9.53 Å². The van der Waals surface area contributed by atoms with E-state index in [9.17, 15) is 4.79 Å². The fraction of sp³-hybridized carbons (Fsp3) is 0.462. The van der Waals surface area contributed by atoms with Gasteiger partial charge in [-0.05, 0) is 32.0 Å². The normalized spacial score (nSPS) is 14.7. The molecule has 1 heterocycles. The van der Waals surface area contributed by atoms with Gasteiger partial charge in [-0.3, -0.25) is 4.79 Å². The van der Waals surface area contributed by atoms with Crippen LogP contribution in [0.1, 0.15) is 13.8 Å². The predicted molar refractivity (Wildman–Crippen MR) is 75.0 cm³/mol. The van der Waals surface area contributed by atoms with Crippen molar-refractivity contribution >= 4 is 29.0 Å². The van der Waals surface area contributed by atoms with Gasteiger partial charge < -0.3 is 15.4 Å². The van der Waals surface area contributed by atoms with Gasteiger partial charge in [-0.2, -0.15) is 0 Å². The summed E-state index contributed by atoms with van der Waals surface area (Å²) < 4.78 is 5.37. The van der Waals surface area contributed by atoms with Crippen LogP contribution in [-0.2, 0) is 9.53 Å². The molecule has 0 saturated carbocycles. The fourth-order valence-electron chi connectivity index (χ4n) is 1.81. The third-order valence-corrected chi connectivity index (χ3v) is 3.73. The number of thioether (sulfide) groups is 1. The lowest BCUT2D eigenvalue weighted by Crippen LogP contribution is -2.38. The lowest BCUT2D eigenvalue weighted by atomic mass is 10.2. The number of anilines is 2. The van der Waals surface area contributed by atoms with Crippen LogP contribution in [0.5, 0.6) is 0 Å². The molecule has 1 aliphatic rings. The topological polar surface area (TPSA) is 55.6 Å².